The fourth-order valence-electron chi connectivity index (χ4n) is 3.46. The number of pyridine rings is 1. The van der Waals surface area contributed by atoms with Gasteiger partial charge in [-0.25, -0.2) is 4.98 Å². The van der Waals surface area contributed by atoms with Gasteiger partial charge in [0.25, 0.3) is 5.91 Å². The van der Waals surface area contributed by atoms with Crippen molar-refractivity contribution in [3.05, 3.63) is 23.9 Å². The molecule has 1 aliphatic carbocycles. The molecular weight excluding hydrogens is 250 g/mol. The summed E-state index contributed by atoms with van der Waals surface area (Å²) in [6.45, 7) is 5.42. The smallest absolute Gasteiger partial charge is 0.252 e. The molecule has 4 nitrogen and oxygen atoms in total. The van der Waals surface area contributed by atoms with Gasteiger partial charge in [-0.3, -0.25) is 4.79 Å². The van der Waals surface area contributed by atoms with Gasteiger partial charge in [0.1, 0.15) is 5.82 Å². The molecule has 20 heavy (non-hydrogen) atoms. The van der Waals surface area contributed by atoms with Crippen LogP contribution in [0.2, 0.25) is 0 Å². The number of hydrogen-bond donors (Lipinski definition) is 2. The van der Waals surface area contributed by atoms with Crippen LogP contribution in [-0.4, -0.2) is 17.4 Å². The van der Waals surface area contributed by atoms with Gasteiger partial charge in [0, 0.05) is 12.7 Å². The summed E-state index contributed by atoms with van der Waals surface area (Å²) in [7, 11) is 0. The highest BCUT2D eigenvalue weighted by Crippen LogP contribution is 2.43. The van der Waals surface area contributed by atoms with Crippen LogP contribution < -0.4 is 11.1 Å². The molecule has 1 amide bonds. The highest BCUT2D eigenvalue weighted by molar-refractivity contribution is 5.97. The van der Waals surface area contributed by atoms with Gasteiger partial charge in [-0.05, 0) is 42.7 Å². The zero-order chi connectivity index (χ0) is 14.6. The predicted octanol–water partition coefficient (Wildman–Crippen LogP) is 3.20. The van der Waals surface area contributed by atoms with Gasteiger partial charge in [-0.15, -0.1) is 0 Å². The average Bonchev–Trinajstić information content (AvgIpc) is 2.84. The summed E-state index contributed by atoms with van der Waals surface area (Å²) in [5.74, 6) is 0.884. The number of rotatable bonds is 6. The highest BCUT2D eigenvalue weighted by Gasteiger charge is 2.34. The number of carbonyl (C=O) groups excluding carboxylic acids is 1. The molecule has 3 N–H and O–H groups in total. The lowest BCUT2D eigenvalue weighted by Crippen LogP contribution is -2.29. The fourth-order valence-corrected chi connectivity index (χ4v) is 3.46. The summed E-state index contributed by atoms with van der Waals surface area (Å²) >= 11 is 0. The van der Waals surface area contributed by atoms with E-state index in [1.54, 1.807) is 18.3 Å². The van der Waals surface area contributed by atoms with E-state index in [0.29, 0.717) is 22.7 Å². The summed E-state index contributed by atoms with van der Waals surface area (Å²) in [6.07, 6.45) is 8.05. The van der Waals surface area contributed by atoms with E-state index in [0.717, 1.165) is 6.54 Å². The van der Waals surface area contributed by atoms with Gasteiger partial charge < -0.3 is 11.1 Å². The molecule has 1 heterocycles. The van der Waals surface area contributed by atoms with E-state index in [-0.39, 0.29) is 0 Å². The van der Waals surface area contributed by atoms with E-state index in [1.807, 2.05) is 0 Å². The van der Waals surface area contributed by atoms with Crippen LogP contribution in [-0.2, 0) is 0 Å². The van der Waals surface area contributed by atoms with E-state index in [4.69, 9.17) is 5.73 Å². The molecule has 0 radical (unpaired) electrons. The van der Waals surface area contributed by atoms with E-state index >= 15 is 0 Å². The van der Waals surface area contributed by atoms with Gasteiger partial charge in [-0.1, -0.05) is 26.7 Å². The van der Waals surface area contributed by atoms with Crippen molar-refractivity contribution in [2.45, 2.75) is 46.0 Å². The number of hydrogen-bond acceptors (Lipinski definition) is 3. The minimum Gasteiger partial charge on any atom is -0.369 e. The Morgan fingerprint density at radius 3 is 2.75 bits per heavy atom. The quantitative estimate of drug-likeness (QED) is 0.837. The minimum absolute atomic E-state index is 0.348. The molecule has 1 saturated carbocycles. The summed E-state index contributed by atoms with van der Waals surface area (Å²) in [5.41, 5.74) is 6.22. The maximum atomic E-state index is 11.4. The summed E-state index contributed by atoms with van der Waals surface area (Å²) in [6, 6.07) is 3.46. The molecule has 0 spiro atoms. The number of nitrogens with one attached hydrogen (secondary N) is 1. The van der Waals surface area contributed by atoms with Crippen LogP contribution in [0.4, 0.5) is 5.82 Å². The first-order valence-corrected chi connectivity index (χ1v) is 7.51. The predicted molar refractivity (Wildman–Crippen MR) is 81.6 cm³/mol. The third-order valence-electron chi connectivity index (χ3n) is 4.21. The topological polar surface area (TPSA) is 68.0 Å². The minimum atomic E-state index is -0.426. The zero-order valence-electron chi connectivity index (χ0n) is 12.5. The van der Waals surface area contributed by atoms with Crippen LogP contribution >= 0.6 is 0 Å². The van der Waals surface area contributed by atoms with Crippen LogP contribution in [0.15, 0.2) is 18.3 Å². The number of aromatic nitrogens is 1. The third kappa shape index (κ3) is 3.50. The Balaban J connectivity index is 2.08. The number of primary amides is 1. The van der Waals surface area contributed by atoms with Gasteiger partial charge in [-0.2, -0.15) is 0 Å². The van der Waals surface area contributed by atoms with E-state index in [2.05, 4.69) is 24.1 Å². The van der Waals surface area contributed by atoms with Gasteiger partial charge in [0.15, 0.2) is 0 Å². The first kappa shape index (κ1) is 14.8. The molecule has 1 aromatic rings. The summed E-state index contributed by atoms with van der Waals surface area (Å²) < 4.78 is 0. The molecular formula is C16H25N3O. The molecule has 1 fully saturated rings. The largest absolute Gasteiger partial charge is 0.369 e. The lowest BCUT2D eigenvalue weighted by Gasteiger charge is -2.31. The van der Waals surface area contributed by atoms with Gasteiger partial charge >= 0.3 is 0 Å². The van der Waals surface area contributed by atoms with Crippen LogP contribution in [0.5, 0.6) is 0 Å². The molecule has 0 saturated heterocycles. The van der Waals surface area contributed by atoms with Crippen molar-refractivity contribution < 1.29 is 4.79 Å². The molecule has 0 unspecified atom stereocenters. The zero-order valence-corrected chi connectivity index (χ0v) is 12.5. The van der Waals surface area contributed by atoms with Crippen molar-refractivity contribution in [2.75, 3.05) is 11.9 Å². The van der Waals surface area contributed by atoms with Crippen LogP contribution in [0.1, 0.15) is 56.3 Å². The van der Waals surface area contributed by atoms with Gasteiger partial charge in [0.2, 0.25) is 0 Å². The number of nitrogens with two attached hydrogens (primary N) is 1. The lowest BCUT2D eigenvalue weighted by molar-refractivity contribution is 0.100. The van der Waals surface area contributed by atoms with Crippen LogP contribution in [0.3, 0.4) is 0 Å². The monoisotopic (exact) mass is 275 g/mol. The van der Waals surface area contributed by atoms with Gasteiger partial charge in [0.05, 0.1) is 5.56 Å². The second-order valence-corrected chi connectivity index (χ2v) is 6.42. The second-order valence-electron chi connectivity index (χ2n) is 6.42. The third-order valence-corrected chi connectivity index (χ3v) is 4.21. The van der Waals surface area contributed by atoms with E-state index in [1.165, 1.54) is 32.1 Å². The Kier molecular flexibility index (Phi) is 4.63. The van der Waals surface area contributed by atoms with Crippen molar-refractivity contribution in [1.29, 1.82) is 0 Å². The summed E-state index contributed by atoms with van der Waals surface area (Å²) in [4.78, 5) is 15.7. The maximum Gasteiger partial charge on any atom is 0.252 e. The Bertz CT molecular complexity index is 465. The van der Waals surface area contributed by atoms with E-state index in [9.17, 15) is 4.79 Å². The number of carbonyl (C=O) groups is 1. The standard InChI is InChI=1S/C16H25N3O/c1-12(2)10-16(7-3-4-8-16)11-19-15-13(14(17)20)6-5-9-18-15/h5-6,9,12H,3-4,7-8,10-11H2,1-2H3,(H2,17,20)(H,18,19). The fraction of sp³-hybridized carbons (Fsp3) is 0.625. The van der Waals surface area contributed by atoms with Crippen LogP contribution in [0.25, 0.3) is 0 Å². The van der Waals surface area contributed by atoms with Crippen LogP contribution in [0, 0.1) is 11.3 Å². The molecule has 1 aliphatic rings. The molecule has 4 heteroatoms. The van der Waals surface area contributed by atoms with Crippen molar-refractivity contribution in [1.82, 2.24) is 4.98 Å². The number of amides is 1. The van der Waals surface area contributed by atoms with E-state index < -0.39 is 5.91 Å². The second kappa shape index (κ2) is 6.25. The number of anilines is 1. The maximum absolute atomic E-state index is 11.4. The molecule has 2 rings (SSSR count). The van der Waals surface area contributed by atoms with Crippen molar-refractivity contribution in [3.63, 3.8) is 0 Å². The Morgan fingerprint density at radius 1 is 1.45 bits per heavy atom. The first-order valence-electron chi connectivity index (χ1n) is 7.51. The lowest BCUT2D eigenvalue weighted by atomic mass is 9.78. The molecule has 0 atom stereocenters. The number of nitrogens with zero attached hydrogens (tertiary/aromatic N) is 1. The average molecular weight is 275 g/mol. The Labute approximate surface area is 121 Å². The molecule has 1 aromatic heterocycles. The van der Waals surface area contributed by atoms with Crippen molar-refractivity contribution in [2.24, 2.45) is 17.1 Å². The molecule has 0 bridgehead atoms. The van der Waals surface area contributed by atoms with Crippen molar-refractivity contribution >= 4 is 11.7 Å². The summed E-state index contributed by atoms with van der Waals surface area (Å²) in [5, 5.41) is 3.37. The SMILES string of the molecule is CC(C)CC1(CNc2ncccc2C(N)=O)CCCC1. The van der Waals surface area contributed by atoms with Crippen molar-refractivity contribution in [3.8, 4) is 0 Å². The molecule has 110 valence electrons. The highest BCUT2D eigenvalue weighted by atomic mass is 16.1. The Morgan fingerprint density at radius 2 is 2.15 bits per heavy atom. The molecule has 0 aromatic carbocycles. The Hall–Kier alpha value is -1.58. The normalized spacial score (nSPS) is 17.4. The first-order chi connectivity index (χ1) is 9.52. The molecule has 0 aliphatic heterocycles.